The Kier molecular flexibility index (Phi) is 4.36. The van der Waals surface area contributed by atoms with E-state index >= 15 is 0 Å². The van der Waals surface area contributed by atoms with Crippen LogP contribution in [0.25, 0.3) is 5.65 Å². The number of halogens is 3. The third-order valence-corrected chi connectivity index (χ3v) is 5.56. The highest BCUT2D eigenvalue weighted by molar-refractivity contribution is 5.79. The number of nitrogens with zero attached hydrogens (tertiary/aromatic N) is 4. The average Bonchev–Trinajstić information content (AvgIpc) is 3.29. The van der Waals surface area contributed by atoms with Crippen molar-refractivity contribution in [2.45, 2.75) is 50.6 Å². The van der Waals surface area contributed by atoms with Crippen LogP contribution in [0.1, 0.15) is 55.8 Å². The number of fused-ring (bicyclic) bond motifs is 1. The number of piperidine rings is 1. The van der Waals surface area contributed by atoms with E-state index < -0.39 is 11.7 Å². The fourth-order valence-corrected chi connectivity index (χ4v) is 4.17. The summed E-state index contributed by atoms with van der Waals surface area (Å²) in [6.07, 6.45) is 2.37. The zero-order valence-corrected chi connectivity index (χ0v) is 14.4. The van der Waals surface area contributed by atoms with Crippen molar-refractivity contribution in [2.75, 3.05) is 13.1 Å². The van der Waals surface area contributed by atoms with E-state index in [1.54, 1.807) is 0 Å². The molecular weight excluding hydrogens is 345 g/mol. The average molecular weight is 366 g/mol. The van der Waals surface area contributed by atoms with Crippen LogP contribution in [0.3, 0.4) is 0 Å². The molecule has 1 aliphatic heterocycles. The van der Waals surface area contributed by atoms with Gasteiger partial charge in [0, 0.05) is 31.1 Å². The molecule has 0 N–H and O–H groups in total. The second-order valence-corrected chi connectivity index (χ2v) is 7.31. The number of carbonyl (C=O) groups is 1. The van der Waals surface area contributed by atoms with Gasteiger partial charge in [0.2, 0.25) is 5.91 Å². The van der Waals surface area contributed by atoms with E-state index in [0.717, 1.165) is 57.3 Å². The van der Waals surface area contributed by atoms with Gasteiger partial charge in [0.1, 0.15) is 5.82 Å². The van der Waals surface area contributed by atoms with Crippen molar-refractivity contribution in [1.82, 2.24) is 19.5 Å². The fourth-order valence-electron chi connectivity index (χ4n) is 4.17. The molecule has 1 unspecified atom stereocenters. The summed E-state index contributed by atoms with van der Waals surface area (Å²) < 4.78 is 40.5. The van der Waals surface area contributed by atoms with Crippen LogP contribution >= 0.6 is 0 Å². The van der Waals surface area contributed by atoms with Crippen molar-refractivity contribution in [3.8, 4) is 0 Å². The molecule has 2 aromatic rings. The molecule has 1 saturated heterocycles. The van der Waals surface area contributed by atoms with Gasteiger partial charge in [-0.15, -0.1) is 10.2 Å². The van der Waals surface area contributed by atoms with Crippen molar-refractivity contribution in [2.24, 2.45) is 5.92 Å². The topological polar surface area (TPSA) is 50.5 Å². The molecule has 3 heterocycles. The smallest absolute Gasteiger partial charge is 0.342 e. The van der Waals surface area contributed by atoms with E-state index in [9.17, 15) is 18.0 Å². The summed E-state index contributed by atoms with van der Waals surface area (Å²) in [6.45, 7) is 1.22. The Labute approximate surface area is 149 Å². The lowest BCUT2D eigenvalue weighted by Gasteiger charge is -2.33. The number of hydrogen-bond acceptors (Lipinski definition) is 3. The molecular formula is C18H21F3N4O. The number of rotatable bonds is 2. The Hall–Kier alpha value is -2.12. The second kappa shape index (κ2) is 6.55. The molecule has 0 radical (unpaired) electrons. The molecule has 2 aliphatic rings. The van der Waals surface area contributed by atoms with E-state index in [4.69, 9.17) is 0 Å². The molecule has 2 fully saturated rings. The van der Waals surface area contributed by atoms with Gasteiger partial charge in [-0.1, -0.05) is 12.8 Å². The van der Waals surface area contributed by atoms with E-state index in [-0.39, 0.29) is 17.7 Å². The Morgan fingerprint density at radius 3 is 2.58 bits per heavy atom. The first-order valence-electron chi connectivity index (χ1n) is 9.14. The van der Waals surface area contributed by atoms with Crippen molar-refractivity contribution in [3.63, 3.8) is 0 Å². The van der Waals surface area contributed by atoms with Gasteiger partial charge in [-0.2, -0.15) is 13.2 Å². The van der Waals surface area contributed by atoms with Gasteiger partial charge in [0.15, 0.2) is 5.65 Å². The van der Waals surface area contributed by atoms with Crippen molar-refractivity contribution in [3.05, 3.63) is 29.7 Å². The third-order valence-electron chi connectivity index (χ3n) is 5.56. The summed E-state index contributed by atoms with van der Waals surface area (Å²) in [5, 5.41) is 8.15. The van der Waals surface area contributed by atoms with Crippen LogP contribution in [0.4, 0.5) is 13.2 Å². The zero-order valence-electron chi connectivity index (χ0n) is 14.4. The summed E-state index contributed by atoms with van der Waals surface area (Å²) in [7, 11) is 0. The quantitative estimate of drug-likeness (QED) is 0.815. The third kappa shape index (κ3) is 3.17. The van der Waals surface area contributed by atoms with Gasteiger partial charge in [-0.05, 0) is 37.8 Å². The molecule has 26 heavy (non-hydrogen) atoms. The molecule has 4 rings (SSSR count). The van der Waals surface area contributed by atoms with E-state index in [0.29, 0.717) is 18.0 Å². The van der Waals surface area contributed by atoms with E-state index in [1.165, 1.54) is 10.5 Å². The molecule has 0 aromatic carbocycles. The van der Waals surface area contributed by atoms with Crippen LogP contribution in [0, 0.1) is 5.92 Å². The van der Waals surface area contributed by atoms with Crippen LogP contribution in [0.5, 0.6) is 0 Å². The predicted molar refractivity (Wildman–Crippen MR) is 88.5 cm³/mol. The normalized spacial score (nSPS) is 22.3. The number of hydrogen-bond donors (Lipinski definition) is 0. The molecule has 1 atom stereocenters. The number of pyridine rings is 1. The lowest BCUT2D eigenvalue weighted by atomic mass is 9.95. The largest absolute Gasteiger partial charge is 0.417 e. The maximum atomic E-state index is 13.0. The molecule has 5 nitrogen and oxygen atoms in total. The summed E-state index contributed by atoms with van der Waals surface area (Å²) >= 11 is 0. The lowest BCUT2D eigenvalue weighted by Crippen LogP contribution is -2.42. The number of carbonyl (C=O) groups excluding carboxylic acids is 1. The standard InChI is InChI=1S/C18H21F3N4O/c19-18(20,21)14-7-8-15-22-23-16(25(15)11-14)13-6-3-9-24(10-13)17(26)12-4-1-2-5-12/h7-8,11-13H,1-6,9-10H2. The van der Waals surface area contributed by atoms with Gasteiger partial charge in [0.25, 0.3) is 0 Å². The van der Waals surface area contributed by atoms with Crippen molar-refractivity contribution < 1.29 is 18.0 Å². The van der Waals surface area contributed by atoms with Gasteiger partial charge >= 0.3 is 6.18 Å². The van der Waals surface area contributed by atoms with Gasteiger partial charge in [-0.25, -0.2) is 0 Å². The highest BCUT2D eigenvalue weighted by Gasteiger charge is 2.34. The summed E-state index contributed by atoms with van der Waals surface area (Å²) in [5.74, 6) is 0.723. The molecule has 140 valence electrons. The summed E-state index contributed by atoms with van der Waals surface area (Å²) in [6, 6.07) is 2.36. The maximum Gasteiger partial charge on any atom is 0.417 e. The predicted octanol–water partition coefficient (Wildman–Crippen LogP) is 3.64. The van der Waals surface area contributed by atoms with Crippen molar-refractivity contribution in [1.29, 1.82) is 0 Å². The fraction of sp³-hybridized carbons (Fsp3) is 0.611. The zero-order chi connectivity index (χ0) is 18.3. The minimum Gasteiger partial charge on any atom is -0.342 e. The lowest BCUT2D eigenvalue weighted by molar-refractivity contribution is -0.138. The van der Waals surface area contributed by atoms with Crippen molar-refractivity contribution >= 4 is 11.6 Å². The summed E-state index contributed by atoms with van der Waals surface area (Å²) in [5.41, 5.74) is -0.326. The Morgan fingerprint density at radius 1 is 1.08 bits per heavy atom. The number of amides is 1. The second-order valence-electron chi connectivity index (χ2n) is 7.31. The number of likely N-dealkylation sites (tertiary alicyclic amines) is 1. The maximum absolute atomic E-state index is 13.0. The van der Waals surface area contributed by atoms with Gasteiger partial charge < -0.3 is 4.90 Å². The first kappa shape index (κ1) is 17.3. The Bertz CT molecular complexity index is 810. The number of alkyl halides is 3. The number of aromatic nitrogens is 3. The van der Waals surface area contributed by atoms with Crippen LogP contribution in [0.2, 0.25) is 0 Å². The molecule has 1 saturated carbocycles. The van der Waals surface area contributed by atoms with Gasteiger partial charge in [-0.3, -0.25) is 9.20 Å². The highest BCUT2D eigenvalue weighted by atomic mass is 19.4. The minimum absolute atomic E-state index is 0.0902. The van der Waals surface area contributed by atoms with E-state index in [1.807, 2.05) is 4.90 Å². The monoisotopic (exact) mass is 366 g/mol. The molecule has 2 aromatic heterocycles. The SMILES string of the molecule is O=C(C1CCCC1)N1CCCC(c2nnc3ccc(C(F)(F)F)cn23)C1. The van der Waals surface area contributed by atoms with Crippen LogP contribution in [0.15, 0.2) is 18.3 Å². The molecule has 0 bridgehead atoms. The first-order valence-corrected chi connectivity index (χ1v) is 9.14. The molecule has 1 amide bonds. The first-order chi connectivity index (χ1) is 12.4. The van der Waals surface area contributed by atoms with E-state index in [2.05, 4.69) is 10.2 Å². The van der Waals surface area contributed by atoms with Crippen LogP contribution in [-0.4, -0.2) is 38.5 Å². The molecule has 8 heteroatoms. The Morgan fingerprint density at radius 2 is 1.85 bits per heavy atom. The molecule has 1 aliphatic carbocycles. The van der Waals surface area contributed by atoms with Crippen LogP contribution < -0.4 is 0 Å². The Balaban J connectivity index is 1.59. The minimum atomic E-state index is -4.41. The molecule has 0 spiro atoms. The van der Waals surface area contributed by atoms with Gasteiger partial charge in [0.05, 0.1) is 5.56 Å². The highest BCUT2D eigenvalue weighted by Crippen LogP contribution is 2.33. The van der Waals surface area contributed by atoms with Crippen LogP contribution in [-0.2, 0) is 11.0 Å². The summed E-state index contributed by atoms with van der Waals surface area (Å²) in [4.78, 5) is 14.6.